The zero-order chi connectivity index (χ0) is 12.3. The Hall–Kier alpha value is -0.890. The summed E-state index contributed by atoms with van der Waals surface area (Å²) >= 11 is 0. The minimum absolute atomic E-state index is 0.232. The first-order valence-corrected chi connectivity index (χ1v) is 6.81. The van der Waals surface area contributed by atoms with Crippen molar-refractivity contribution >= 4 is 0 Å². The highest BCUT2D eigenvalue weighted by atomic mass is 16.3. The number of nitrogens with zero attached hydrogens (tertiary/aromatic N) is 1. The van der Waals surface area contributed by atoms with Gasteiger partial charge in [0.15, 0.2) is 0 Å². The van der Waals surface area contributed by atoms with Gasteiger partial charge in [-0.1, -0.05) is 32.3 Å². The molecule has 2 nitrogen and oxygen atoms in total. The lowest BCUT2D eigenvalue weighted by atomic mass is 9.83. The van der Waals surface area contributed by atoms with Gasteiger partial charge in [-0.2, -0.15) is 0 Å². The quantitative estimate of drug-likeness (QED) is 0.790. The van der Waals surface area contributed by atoms with Crippen molar-refractivity contribution < 1.29 is 5.11 Å². The Morgan fingerprint density at radius 3 is 3.06 bits per heavy atom. The fourth-order valence-electron chi connectivity index (χ4n) is 2.93. The van der Waals surface area contributed by atoms with Crippen LogP contribution in [0.25, 0.3) is 0 Å². The van der Waals surface area contributed by atoms with Gasteiger partial charge in [-0.25, -0.2) is 0 Å². The maximum absolute atomic E-state index is 10.6. The van der Waals surface area contributed by atoms with Crippen molar-refractivity contribution in [3.05, 3.63) is 29.6 Å². The Labute approximate surface area is 104 Å². The molecule has 2 unspecified atom stereocenters. The van der Waals surface area contributed by atoms with Gasteiger partial charge in [0.25, 0.3) is 0 Å². The number of rotatable bonds is 5. The molecule has 17 heavy (non-hydrogen) atoms. The molecule has 2 rings (SSSR count). The van der Waals surface area contributed by atoms with Crippen LogP contribution in [0.2, 0.25) is 0 Å². The summed E-state index contributed by atoms with van der Waals surface area (Å²) in [6.45, 7) is 4.18. The minimum atomic E-state index is -0.589. The van der Waals surface area contributed by atoms with Crippen molar-refractivity contribution in [2.45, 2.75) is 63.9 Å². The molecule has 94 valence electrons. The summed E-state index contributed by atoms with van der Waals surface area (Å²) in [5.74, 6) is 0.232. The van der Waals surface area contributed by atoms with Crippen molar-refractivity contribution in [2.75, 3.05) is 0 Å². The van der Waals surface area contributed by atoms with E-state index >= 15 is 0 Å². The standard InChI is InChI=1S/C15H23NO/c1-3-4-5-10-15(2,17)13-9-8-12-7-6-11-16-14(12)13/h6-7,11,13,17H,3-5,8-10H2,1-2H3. The molecule has 0 spiro atoms. The molecule has 1 heterocycles. The van der Waals surface area contributed by atoms with E-state index in [0.29, 0.717) is 0 Å². The third-order valence-corrected chi connectivity index (χ3v) is 4.00. The minimum Gasteiger partial charge on any atom is -0.389 e. The second-order valence-electron chi connectivity index (χ2n) is 5.45. The molecule has 0 saturated carbocycles. The van der Waals surface area contributed by atoms with Crippen LogP contribution in [0.5, 0.6) is 0 Å². The first kappa shape index (κ1) is 12.6. The summed E-state index contributed by atoms with van der Waals surface area (Å²) in [7, 11) is 0. The van der Waals surface area contributed by atoms with Gasteiger partial charge in [-0.05, 0) is 37.8 Å². The van der Waals surface area contributed by atoms with Crippen LogP contribution >= 0.6 is 0 Å². The summed E-state index contributed by atoms with van der Waals surface area (Å²) in [5.41, 5.74) is 1.87. The Morgan fingerprint density at radius 2 is 2.29 bits per heavy atom. The SMILES string of the molecule is CCCCCC(C)(O)C1CCc2cccnc21. The highest BCUT2D eigenvalue weighted by Crippen LogP contribution is 2.41. The molecule has 0 fully saturated rings. The van der Waals surface area contributed by atoms with E-state index in [0.717, 1.165) is 31.4 Å². The van der Waals surface area contributed by atoms with Crippen molar-refractivity contribution in [1.82, 2.24) is 4.98 Å². The van der Waals surface area contributed by atoms with Crippen molar-refractivity contribution in [1.29, 1.82) is 0 Å². The molecule has 1 N–H and O–H groups in total. The van der Waals surface area contributed by atoms with E-state index in [9.17, 15) is 5.11 Å². The monoisotopic (exact) mass is 233 g/mol. The van der Waals surface area contributed by atoms with E-state index in [1.54, 1.807) is 0 Å². The number of hydrogen-bond acceptors (Lipinski definition) is 2. The lowest BCUT2D eigenvalue weighted by Crippen LogP contribution is -2.32. The summed E-state index contributed by atoms with van der Waals surface area (Å²) in [5, 5.41) is 10.6. The topological polar surface area (TPSA) is 33.1 Å². The largest absolute Gasteiger partial charge is 0.389 e. The third kappa shape index (κ3) is 2.68. The zero-order valence-electron chi connectivity index (χ0n) is 10.9. The number of unbranched alkanes of at least 4 members (excludes halogenated alkanes) is 2. The van der Waals surface area contributed by atoms with Gasteiger partial charge >= 0.3 is 0 Å². The molecule has 0 bridgehead atoms. The number of aromatic nitrogens is 1. The summed E-state index contributed by atoms with van der Waals surface area (Å²) in [4.78, 5) is 4.48. The second kappa shape index (κ2) is 5.18. The molecule has 1 aliphatic carbocycles. The van der Waals surface area contributed by atoms with Crippen LogP contribution in [0.15, 0.2) is 18.3 Å². The van der Waals surface area contributed by atoms with Crippen LogP contribution in [0.1, 0.15) is 63.1 Å². The molecule has 1 aromatic rings. The van der Waals surface area contributed by atoms with E-state index in [4.69, 9.17) is 0 Å². The highest BCUT2D eigenvalue weighted by molar-refractivity contribution is 5.30. The Bertz CT molecular complexity index is 373. The van der Waals surface area contributed by atoms with Crippen LogP contribution in [0, 0.1) is 0 Å². The molecule has 1 aliphatic rings. The molecule has 2 heteroatoms. The van der Waals surface area contributed by atoms with Gasteiger partial charge in [0.1, 0.15) is 0 Å². The van der Waals surface area contributed by atoms with Crippen molar-refractivity contribution in [3.8, 4) is 0 Å². The van der Waals surface area contributed by atoms with E-state index in [1.807, 2.05) is 19.2 Å². The first-order chi connectivity index (χ1) is 8.15. The summed E-state index contributed by atoms with van der Waals surface area (Å²) in [6, 6.07) is 4.14. The predicted octanol–water partition coefficient (Wildman–Crippen LogP) is 3.44. The molecule has 2 atom stereocenters. The fourth-order valence-corrected chi connectivity index (χ4v) is 2.93. The number of aliphatic hydroxyl groups is 1. The van der Waals surface area contributed by atoms with Crippen LogP contribution in [-0.4, -0.2) is 15.7 Å². The molecule has 0 amide bonds. The average molecular weight is 233 g/mol. The normalized spacial score (nSPS) is 22.2. The van der Waals surface area contributed by atoms with Crippen molar-refractivity contribution in [2.24, 2.45) is 0 Å². The first-order valence-electron chi connectivity index (χ1n) is 6.81. The lowest BCUT2D eigenvalue weighted by Gasteiger charge is -2.30. The number of fused-ring (bicyclic) bond motifs is 1. The van der Waals surface area contributed by atoms with Gasteiger partial charge < -0.3 is 5.11 Å². The van der Waals surface area contributed by atoms with E-state index in [1.165, 1.54) is 18.4 Å². The summed E-state index contributed by atoms with van der Waals surface area (Å²) in [6.07, 6.45) is 8.37. The van der Waals surface area contributed by atoms with E-state index in [-0.39, 0.29) is 5.92 Å². The zero-order valence-corrected chi connectivity index (χ0v) is 10.9. The Morgan fingerprint density at radius 1 is 1.47 bits per heavy atom. The summed E-state index contributed by atoms with van der Waals surface area (Å²) < 4.78 is 0. The second-order valence-corrected chi connectivity index (χ2v) is 5.45. The molecular formula is C15H23NO. The Balaban J connectivity index is 2.08. The molecule has 0 aromatic carbocycles. The maximum atomic E-state index is 10.6. The van der Waals surface area contributed by atoms with Crippen LogP contribution in [0.3, 0.4) is 0 Å². The lowest BCUT2D eigenvalue weighted by molar-refractivity contribution is 0.0188. The van der Waals surface area contributed by atoms with Gasteiger partial charge in [0.2, 0.25) is 0 Å². The third-order valence-electron chi connectivity index (χ3n) is 4.00. The van der Waals surface area contributed by atoms with Crippen LogP contribution in [-0.2, 0) is 6.42 Å². The highest BCUT2D eigenvalue weighted by Gasteiger charge is 2.37. The van der Waals surface area contributed by atoms with E-state index < -0.39 is 5.60 Å². The van der Waals surface area contributed by atoms with Crippen LogP contribution < -0.4 is 0 Å². The van der Waals surface area contributed by atoms with Crippen molar-refractivity contribution in [3.63, 3.8) is 0 Å². The number of hydrogen-bond donors (Lipinski definition) is 1. The predicted molar refractivity (Wildman–Crippen MR) is 70.1 cm³/mol. The molecule has 0 radical (unpaired) electrons. The van der Waals surface area contributed by atoms with Crippen LogP contribution in [0.4, 0.5) is 0 Å². The fraction of sp³-hybridized carbons (Fsp3) is 0.667. The van der Waals surface area contributed by atoms with Gasteiger partial charge in [-0.3, -0.25) is 4.98 Å². The smallest absolute Gasteiger partial charge is 0.0703 e. The van der Waals surface area contributed by atoms with E-state index in [2.05, 4.69) is 18.0 Å². The number of aryl methyl sites for hydroxylation is 1. The molecule has 0 saturated heterocycles. The van der Waals surface area contributed by atoms with Gasteiger partial charge in [0.05, 0.1) is 5.60 Å². The number of pyridine rings is 1. The molecule has 1 aromatic heterocycles. The molecular weight excluding hydrogens is 210 g/mol. The van der Waals surface area contributed by atoms with Gasteiger partial charge in [-0.15, -0.1) is 0 Å². The average Bonchev–Trinajstić information content (AvgIpc) is 2.73. The Kier molecular flexibility index (Phi) is 3.82. The van der Waals surface area contributed by atoms with Gasteiger partial charge in [0, 0.05) is 17.8 Å². The molecule has 0 aliphatic heterocycles. The maximum Gasteiger partial charge on any atom is 0.0703 e.